The number of carbonyl (C=O) groups excluding carboxylic acids is 1. The normalized spacial score (nSPS) is 10.6. The third-order valence-electron chi connectivity index (χ3n) is 2.45. The molecular formula is C15H11FO. The van der Waals surface area contributed by atoms with Crippen molar-refractivity contribution in [2.24, 2.45) is 0 Å². The molecule has 0 spiro atoms. The van der Waals surface area contributed by atoms with Crippen molar-refractivity contribution in [3.05, 3.63) is 66.0 Å². The standard InChI is InChI=1S/C15H11FO/c16-15-11-12(5-4-10-17)8-9-14(15)13-6-2-1-3-7-13/h1-11H/b5-4+. The summed E-state index contributed by atoms with van der Waals surface area (Å²) < 4.78 is 13.8. The van der Waals surface area contributed by atoms with Crippen LogP contribution in [0.3, 0.4) is 0 Å². The Kier molecular flexibility index (Phi) is 3.46. The minimum absolute atomic E-state index is 0.288. The molecule has 2 heteroatoms. The predicted octanol–water partition coefficient (Wildman–Crippen LogP) is 3.70. The number of aldehydes is 1. The molecule has 0 aliphatic heterocycles. The highest BCUT2D eigenvalue weighted by atomic mass is 19.1. The molecule has 0 bridgehead atoms. The molecule has 1 nitrogen and oxygen atoms in total. The lowest BCUT2D eigenvalue weighted by atomic mass is 10.0. The molecule has 0 unspecified atom stereocenters. The van der Waals surface area contributed by atoms with E-state index in [1.54, 1.807) is 18.2 Å². The second-order valence-electron chi connectivity index (χ2n) is 3.60. The van der Waals surface area contributed by atoms with Crippen LogP contribution >= 0.6 is 0 Å². The molecule has 2 aromatic rings. The van der Waals surface area contributed by atoms with Crippen LogP contribution in [0.15, 0.2) is 54.6 Å². The quantitative estimate of drug-likeness (QED) is 0.576. The molecule has 2 aromatic carbocycles. The Labute approximate surface area is 99.2 Å². The Hall–Kier alpha value is -2.22. The van der Waals surface area contributed by atoms with Crippen molar-refractivity contribution in [3.63, 3.8) is 0 Å². The van der Waals surface area contributed by atoms with E-state index in [1.807, 2.05) is 30.3 Å². The molecule has 0 aliphatic carbocycles. The van der Waals surface area contributed by atoms with E-state index in [9.17, 15) is 9.18 Å². The van der Waals surface area contributed by atoms with Gasteiger partial charge < -0.3 is 0 Å². The molecule has 0 fully saturated rings. The molecule has 0 aliphatic rings. The molecule has 84 valence electrons. The average Bonchev–Trinajstić information content (AvgIpc) is 2.37. The molecular weight excluding hydrogens is 215 g/mol. The highest BCUT2D eigenvalue weighted by Crippen LogP contribution is 2.23. The van der Waals surface area contributed by atoms with Gasteiger partial charge in [-0.25, -0.2) is 4.39 Å². The van der Waals surface area contributed by atoms with Gasteiger partial charge in [-0.2, -0.15) is 0 Å². The fourth-order valence-electron chi connectivity index (χ4n) is 1.64. The zero-order valence-corrected chi connectivity index (χ0v) is 9.14. The van der Waals surface area contributed by atoms with Gasteiger partial charge in [-0.3, -0.25) is 4.79 Å². The Morgan fingerprint density at radius 1 is 1.00 bits per heavy atom. The number of halogens is 1. The third kappa shape index (κ3) is 2.67. The zero-order valence-electron chi connectivity index (χ0n) is 9.14. The summed E-state index contributed by atoms with van der Waals surface area (Å²) in [5.74, 6) is -0.288. The lowest BCUT2D eigenvalue weighted by Gasteiger charge is -2.04. The molecule has 0 heterocycles. The van der Waals surface area contributed by atoms with Crippen molar-refractivity contribution in [1.82, 2.24) is 0 Å². The van der Waals surface area contributed by atoms with Gasteiger partial charge in [0, 0.05) is 5.56 Å². The Morgan fingerprint density at radius 2 is 1.76 bits per heavy atom. The predicted molar refractivity (Wildman–Crippen MR) is 66.9 cm³/mol. The van der Waals surface area contributed by atoms with Crippen LogP contribution in [0.1, 0.15) is 5.56 Å². The summed E-state index contributed by atoms with van der Waals surface area (Å²) in [6.45, 7) is 0. The van der Waals surface area contributed by atoms with E-state index in [0.717, 1.165) is 5.56 Å². The minimum atomic E-state index is -0.288. The Bertz CT molecular complexity index is 544. The topological polar surface area (TPSA) is 17.1 Å². The largest absolute Gasteiger partial charge is 0.299 e. The highest BCUT2D eigenvalue weighted by Gasteiger charge is 2.04. The molecule has 0 saturated carbocycles. The molecule has 0 amide bonds. The summed E-state index contributed by atoms with van der Waals surface area (Å²) in [7, 11) is 0. The number of allylic oxidation sites excluding steroid dienone is 1. The van der Waals surface area contributed by atoms with Crippen LogP contribution < -0.4 is 0 Å². The van der Waals surface area contributed by atoms with Crippen molar-refractivity contribution < 1.29 is 9.18 Å². The third-order valence-corrected chi connectivity index (χ3v) is 2.45. The van der Waals surface area contributed by atoms with E-state index in [1.165, 1.54) is 12.1 Å². The Morgan fingerprint density at radius 3 is 2.41 bits per heavy atom. The first kappa shape index (κ1) is 11.3. The SMILES string of the molecule is O=C/C=C/c1ccc(-c2ccccc2)c(F)c1. The van der Waals surface area contributed by atoms with E-state index in [4.69, 9.17) is 0 Å². The first-order valence-corrected chi connectivity index (χ1v) is 5.28. The van der Waals surface area contributed by atoms with Crippen LogP contribution in [-0.4, -0.2) is 6.29 Å². The van der Waals surface area contributed by atoms with Gasteiger partial charge in [0.25, 0.3) is 0 Å². The first-order valence-electron chi connectivity index (χ1n) is 5.28. The van der Waals surface area contributed by atoms with Crippen molar-refractivity contribution in [2.75, 3.05) is 0 Å². The van der Waals surface area contributed by atoms with Crippen molar-refractivity contribution in [3.8, 4) is 11.1 Å². The van der Waals surface area contributed by atoms with Gasteiger partial charge in [0.05, 0.1) is 0 Å². The van der Waals surface area contributed by atoms with Crippen molar-refractivity contribution in [1.29, 1.82) is 0 Å². The summed E-state index contributed by atoms with van der Waals surface area (Å²) in [4.78, 5) is 10.2. The molecule has 0 atom stereocenters. The van der Waals surface area contributed by atoms with Crippen molar-refractivity contribution in [2.45, 2.75) is 0 Å². The van der Waals surface area contributed by atoms with E-state index in [-0.39, 0.29) is 5.82 Å². The summed E-state index contributed by atoms with van der Waals surface area (Å²) in [5, 5.41) is 0. The number of carbonyl (C=O) groups is 1. The van der Waals surface area contributed by atoms with Crippen LogP contribution in [0.4, 0.5) is 4.39 Å². The van der Waals surface area contributed by atoms with Gasteiger partial charge in [0.2, 0.25) is 0 Å². The fraction of sp³-hybridized carbons (Fsp3) is 0. The average molecular weight is 226 g/mol. The molecule has 2 rings (SSSR count). The highest BCUT2D eigenvalue weighted by molar-refractivity contribution is 5.74. The van der Waals surface area contributed by atoms with Crippen LogP contribution in [0.2, 0.25) is 0 Å². The number of hydrogen-bond acceptors (Lipinski definition) is 1. The van der Waals surface area contributed by atoms with Crippen LogP contribution in [0, 0.1) is 5.82 Å². The lowest BCUT2D eigenvalue weighted by molar-refractivity contribution is -0.104. The van der Waals surface area contributed by atoms with Gasteiger partial charge in [-0.15, -0.1) is 0 Å². The van der Waals surface area contributed by atoms with E-state index in [2.05, 4.69) is 0 Å². The van der Waals surface area contributed by atoms with Crippen molar-refractivity contribution >= 4 is 12.4 Å². The summed E-state index contributed by atoms with van der Waals surface area (Å²) >= 11 is 0. The van der Waals surface area contributed by atoms with E-state index >= 15 is 0 Å². The maximum atomic E-state index is 13.8. The molecule has 0 N–H and O–H groups in total. The van der Waals surface area contributed by atoms with E-state index in [0.29, 0.717) is 17.4 Å². The smallest absolute Gasteiger partial charge is 0.142 e. The molecule has 0 saturated heterocycles. The van der Waals surface area contributed by atoms with Gasteiger partial charge in [0.1, 0.15) is 12.1 Å². The molecule has 17 heavy (non-hydrogen) atoms. The minimum Gasteiger partial charge on any atom is -0.299 e. The summed E-state index contributed by atoms with van der Waals surface area (Å²) in [5.41, 5.74) is 2.08. The second-order valence-corrected chi connectivity index (χ2v) is 3.60. The van der Waals surface area contributed by atoms with Gasteiger partial charge >= 0.3 is 0 Å². The fourth-order valence-corrected chi connectivity index (χ4v) is 1.64. The Balaban J connectivity index is 2.39. The monoisotopic (exact) mass is 226 g/mol. The second kappa shape index (κ2) is 5.21. The number of rotatable bonds is 3. The molecule has 0 aromatic heterocycles. The number of hydrogen-bond donors (Lipinski definition) is 0. The van der Waals surface area contributed by atoms with Gasteiger partial charge in [0.15, 0.2) is 0 Å². The van der Waals surface area contributed by atoms with Crippen LogP contribution in [0.25, 0.3) is 17.2 Å². The van der Waals surface area contributed by atoms with E-state index < -0.39 is 0 Å². The van der Waals surface area contributed by atoms with Gasteiger partial charge in [-0.1, -0.05) is 48.5 Å². The molecule has 0 radical (unpaired) electrons. The lowest BCUT2D eigenvalue weighted by Crippen LogP contribution is -1.85. The maximum absolute atomic E-state index is 13.8. The van der Waals surface area contributed by atoms with Crippen LogP contribution in [0.5, 0.6) is 0 Å². The first-order chi connectivity index (χ1) is 8.31. The number of benzene rings is 2. The summed E-state index contributed by atoms with van der Waals surface area (Å²) in [6, 6.07) is 14.3. The van der Waals surface area contributed by atoms with Crippen LogP contribution in [-0.2, 0) is 4.79 Å². The zero-order chi connectivity index (χ0) is 12.1. The van der Waals surface area contributed by atoms with Gasteiger partial charge in [-0.05, 0) is 23.3 Å². The maximum Gasteiger partial charge on any atom is 0.142 e. The summed E-state index contributed by atoms with van der Waals surface area (Å²) in [6.07, 6.45) is 3.59.